The third-order valence-corrected chi connectivity index (χ3v) is 6.31. The molecule has 0 fully saturated rings. The van der Waals surface area contributed by atoms with E-state index in [-0.39, 0.29) is 5.69 Å². The number of ether oxygens (including phenoxy) is 1. The van der Waals surface area contributed by atoms with Crippen LogP contribution in [0.3, 0.4) is 0 Å². The number of halogens is 4. The summed E-state index contributed by atoms with van der Waals surface area (Å²) in [6.07, 6.45) is -4.37. The van der Waals surface area contributed by atoms with Gasteiger partial charge in [-0.25, -0.2) is 14.8 Å². The molecule has 0 radical (unpaired) electrons. The van der Waals surface area contributed by atoms with Gasteiger partial charge < -0.3 is 10.1 Å². The van der Waals surface area contributed by atoms with E-state index in [1.807, 2.05) is 0 Å². The lowest BCUT2D eigenvalue weighted by atomic mass is 10.1. The van der Waals surface area contributed by atoms with Gasteiger partial charge in [0.25, 0.3) is 15.9 Å². The molecule has 0 aliphatic rings. The number of carbonyl (C=O) groups excluding carboxylic acids is 2. The molecule has 0 unspecified atom stereocenters. The number of pyridine rings is 2. The minimum absolute atomic E-state index is 0.130. The second-order valence-electron chi connectivity index (χ2n) is 9.32. The van der Waals surface area contributed by atoms with Crippen LogP contribution in [0.25, 0.3) is 0 Å². The van der Waals surface area contributed by atoms with Crippen molar-refractivity contribution >= 4 is 39.3 Å². The molecule has 9 nitrogen and oxygen atoms in total. The molecule has 2 rings (SSSR count). The predicted molar refractivity (Wildman–Crippen MR) is 121 cm³/mol. The topological polar surface area (TPSA) is 119 Å². The number of aromatic nitrogens is 2. The standard InChI is InChI=1S/C21H24ClF3N4O5S/c1-19(2,3)29(18(31)34-20(4,5)6)35(32,33)15-10-13(7-8-26-15)28-17(30)14-9-12(21(23,24)25)11-27-16(14)22/h7-11H,1-6H3,(H,26,28,30). The van der Waals surface area contributed by atoms with Crippen molar-refractivity contribution in [1.82, 2.24) is 14.3 Å². The molecule has 35 heavy (non-hydrogen) atoms. The van der Waals surface area contributed by atoms with Gasteiger partial charge in [0.1, 0.15) is 10.8 Å². The maximum atomic E-state index is 13.3. The Bertz CT molecular complexity index is 1240. The van der Waals surface area contributed by atoms with Gasteiger partial charge in [0.05, 0.1) is 16.7 Å². The van der Waals surface area contributed by atoms with Crippen molar-refractivity contribution in [2.24, 2.45) is 0 Å². The Labute approximate surface area is 205 Å². The van der Waals surface area contributed by atoms with E-state index in [2.05, 4.69) is 15.3 Å². The zero-order valence-corrected chi connectivity index (χ0v) is 21.3. The third-order valence-electron chi connectivity index (χ3n) is 4.08. The summed E-state index contributed by atoms with van der Waals surface area (Å²) < 4.78 is 71.3. The van der Waals surface area contributed by atoms with Gasteiger partial charge in [-0.15, -0.1) is 0 Å². The highest BCUT2D eigenvalue weighted by Crippen LogP contribution is 2.31. The Balaban J connectivity index is 2.44. The van der Waals surface area contributed by atoms with Crippen LogP contribution in [0.1, 0.15) is 57.5 Å². The van der Waals surface area contributed by atoms with Crippen molar-refractivity contribution in [2.75, 3.05) is 5.32 Å². The van der Waals surface area contributed by atoms with E-state index in [1.54, 1.807) is 20.8 Å². The normalized spacial score (nSPS) is 12.7. The van der Waals surface area contributed by atoms with Gasteiger partial charge in [0.2, 0.25) is 0 Å². The Morgan fingerprint density at radius 2 is 1.66 bits per heavy atom. The minimum Gasteiger partial charge on any atom is -0.443 e. The molecule has 2 aromatic rings. The molecule has 192 valence electrons. The lowest BCUT2D eigenvalue weighted by Crippen LogP contribution is -2.51. The number of amides is 2. The Morgan fingerprint density at radius 3 is 2.17 bits per heavy atom. The summed E-state index contributed by atoms with van der Waals surface area (Å²) in [6.45, 7) is 9.13. The fourth-order valence-electron chi connectivity index (χ4n) is 2.72. The van der Waals surface area contributed by atoms with Crippen molar-refractivity contribution < 1.29 is 35.9 Å². The van der Waals surface area contributed by atoms with Crippen molar-refractivity contribution in [1.29, 1.82) is 0 Å². The lowest BCUT2D eigenvalue weighted by molar-refractivity contribution is -0.137. The van der Waals surface area contributed by atoms with Gasteiger partial charge in [-0.3, -0.25) is 4.79 Å². The second-order valence-corrected chi connectivity index (χ2v) is 11.4. The van der Waals surface area contributed by atoms with E-state index >= 15 is 0 Å². The van der Waals surface area contributed by atoms with Gasteiger partial charge in [-0.2, -0.15) is 25.9 Å². The van der Waals surface area contributed by atoms with E-state index in [9.17, 15) is 31.2 Å². The van der Waals surface area contributed by atoms with E-state index in [4.69, 9.17) is 16.3 Å². The predicted octanol–water partition coefficient (Wildman–Crippen LogP) is 5.13. The van der Waals surface area contributed by atoms with Crippen LogP contribution < -0.4 is 5.32 Å². The highest BCUT2D eigenvalue weighted by Gasteiger charge is 2.42. The average molecular weight is 537 g/mol. The van der Waals surface area contributed by atoms with Crippen molar-refractivity contribution in [3.05, 3.63) is 46.9 Å². The minimum atomic E-state index is -4.76. The van der Waals surface area contributed by atoms with E-state index in [1.165, 1.54) is 26.8 Å². The number of rotatable bonds is 4. The maximum Gasteiger partial charge on any atom is 0.424 e. The van der Waals surface area contributed by atoms with Crippen LogP contribution in [-0.2, 0) is 20.9 Å². The molecule has 0 aliphatic heterocycles. The summed E-state index contributed by atoms with van der Waals surface area (Å²) in [4.78, 5) is 32.5. The highest BCUT2D eigenvalue weighted by atomic mass is 35.5. The number of carbonyl (C=O) groups is 2. The van der Waals surface area contributed by atoms with Crippen LogP contribution in [0, 0.1) is 0 Å². The van der Waals surface area contributed by atoms with Gasteiger partial charge in [-0.05, 0) is 53.7 Å². The van der Waals surface area contributed by atoms with Crippen LogP contribution in [0.2, 0.25) is 5.15 Å². The maximum absolute atomic E-state index is 13.3. The quantitative estimate of drug-likeness (QED) is 0.538. The molecular formula is C21H24ClF3N4O5S. The number of nitrogens with one attached hydrogen (secondary N) is 1. The van der Waals surface area contributed by atoms with E-state index in [0.29, 0.717) is 16.6 Å². The summed E-state index contributed by atoms with van der Waals surface area (Å²) in [5.41, 5.74) is -4.14. The Morgan fingerprint density at radius 1 is 1.06 bits per heavy atom. The molecule has 0 bridgehead atoms. The van der Waals surface area contributed by atoms with Gasteiger partial charge >= 0.3 is 12.3 Å². The molecule has 1 N–H and O–H groups in total. The number of alkyl halides is 3. The molecule has 0 atom stereocenters. The summed E-state index contributed by atoms with van der Waals surface area (Å²) >= 11 is 5.78. The lowest BCUT2D eigenvalue weighted by Gasteiger charge is -2.35. The number of anilines is 1. The molecule has 14 heteroatoms. The van der Waals surface area contributed by atoms with Gasteiger partial charge in [0.15, 0.2) is 5.03 Å². The zero-order chi connectivity index (χ0) is 27.0. The summed E-state index contributed by atoms with van der Waals surface area (Å²) in [5, 5.41) is 1.17. The van der Waals surface area contributed by atoms with Crippen LogP contribution >= 0.6 is 11.6 Å². The molecule has 0 saturated carbocycles. The average Bonchev–Trinajstić information content (AvgIpc) is 2.64. The van der Waals surface area contributed by atoms with Crippen molar-refractivity contribution in [2.45, 2.75) is 63.9 Å². The second kappa shape index (κ2) is 9.61. The molecular weight excluding hydrogens is 513 g/mol. The molecule has 2 heterocycles. The van der Waals surface area contributed by atoms with Crippen LogP contribution in [0.4, 0.5) is 23.7 Å². The molecule has 0 saturated heterocycles. The van der Waals surface area contributed by atoms with Crippen LogP contribution in [-0.4, -0.2) is 45.8 Å². The number of hydrogen-bond acceptors (Lipinski definition) is 7. The largest absolute Gasteiger partial charge is 0.443 e. The molecule has 2 aromatic heterocycles. The molecule has 0 aliphatic carbocycles. The van der Waals surface area contributed by atoms with Crippen LogP contribution in [0.15, 0.2) is 35.6 Å². The number of sulfonamides is 1. The third kappa shape index (κ3) is 7.04. The summed E-state index contributed by atoms with van der Waals surface area (Å²) in [7, 11) is -4.58. The monoisotopic (exact) mass is 536 g/mol. The molecule has 0 spiro atoms. The SMILES string of the molecule is CC(C)(C)OC(=O)N(C(C)(C)C)S(=O)(=O)c1cc(NC(=O)c2cc(C(F)(F)F)cnc2Cl)ccn1. The fourth-order valence-corrected chi connectivity index (χ4v) is 4.52. The number of nitrogens with zero attached hydrogens (tertiary/aromatic N) is 3. The van der Waals surface area contributed by atoms with E-state index in [0.717, 1.165) is 12.3 Å². The smallest absolute Gasteiger partial charge is 0.424 e. The molecule has 2 amide bonds. The fraction of sp³-hybridized carbons (Fsp3) is 0.429. The Hall–Kier alpha value is -2.93. The first-order valence-electron chi connectivity index (χ1n) is 10.0. The number of hydrogen-bond donors (Lipinski definition) is 1. The Kier molecular flexibility index (Phi) is 7.77. The highest BCUT2D eigenvalue weighted by molar-refractivity contribution is 7.89. The van der Waals surface area contributed by atoms with Gasteiger partial charge in [0, 0.05) is 24.1 Å². The first-order chi connectivity index (χ1) is 15.7. The first-order valence-corrected chi connectivity index (χ1v) is 11.8. The zero-order valence-electron chi connectivity index (χ0n) is 19.7. The first kappa shape index (κ1) is 28.3. The van der Waals surface area contributed by atoms with Crippen molar-refractivity contribution in [3.63, 3.8) is 0 Å². The van der Waals surface area contributed by atoms with Gasteiger partial charge in [-0.1, -0.05) is 11.6 Å². The van der Waals surface area contributed by atoms with E-state index < -0.39 is 60.6 Å². The van der Waals surface area contributed by atoms with Crippen molar-refractivity contribution in [3.8, 4) is 0 Å². The molecule has 0 aromatic carbocycles. The van der Waals surface area contributed by atoms with Crippen LogP contribution in [0.5, 0.6) is 0 Å². The summed E-state index contributed by atoms with van der Waals surface area (Å²) in [6, 6.07) is 2.68. The summed E-state index contributed by atoms with van der Waals surface area (Å²) in [5.74, 6) is -1.07.